The molecule has 0 radical (unpaired) electrons. The zero-order valence-corrected chi connectivity index (χ0v) is 6.91. The fourth-order valence-electron chi connectivity index (χ4n) is 0.289. The molecule has 0 bridgehead atoms. The van der Waals surface area contributed by atoms with Crippen LogP contribution >= 0.6 is 0 Å². The lowest BCUT2D eigenvalue weighted by molar-refractivity contribution is 0.544. The van der Waals surface area contributed by atoms with Crippen molar-refractivity contribution in [3.63, 3.8) is 0 Å². The van der Waals surface area contributed by atoms with Crippen molar-refractivity contribution in [1.29, 1.82) is 0 Å². The first-order valence-electron chi connectivity index (χ1n) is 3.52. The van der Waals surface area contributed by atoms with Crippen LogP contribution in [0.1, 0.15) is 33.6 Å². The molecule has 0 nitrogen and oxygen atoms in total. The molecular formula is C9H18. The maximum atomic E-state index is 3.12. The first-order valence-corrected chi connectivity index (χ1v) is 3.52. The number of hydrogen-bond donors (Lipinski definition) is 0. The van der Waals surface area contributed by atoms with Crippen molar-refractivity contribution in [2.45, 2.75) is 33.6 Å². The summed E-state index contributed by atoms with van der Waals surface area (Å²) in [5, 5.41) is 0. The molecule has 0 aliphatic rings. The second-order valence-electron chi connectivity index (χ2n) is 2.17. The molecule has 0 saturated carbocycles. The van der Waals surface area contributed by atoms with Gasteiger partial charge < -0.3 is 0 Å². The van der Waals surface area contributed by atoms with E-state index in [1.807, 2.05) is 0 Å². The molecule has 0 aliphatic carbocycles. The third-order valence-electron chi connectivity index (χ3n) is 1.39. The van der Waals surface area contributed by atoms with Crippen LogP contribution in [0.3, 0.4) is 0 Å². The van der Waals surface area contributed by atoms with E-state index in [4.69, 9.17) is 0 Å². The van der Waals surface area contributed by atoms with E-state index in [1.54, 1.807) is 0 Å². The van der Waals surface area contributed by atoms with E-state index in [2.05, 4.69) is 39.7 Å². The summed E-state index contributed by atoms with van der Waals surface area (Å²) in [4.78, 5) is 0. The van der Waals surface area contributed by atoms with Gasteiger partial charge in [-0.15, -0.1) is 5.73 Å². The summed E-state index contributed by atoms with van der Waals surface area (Å²) in [5.74, 6) is 0.935. The molecule has 0 rings (SSSR count). The summed E-state index contributed by atoms with van der Waals surface area (Å²) < 4.78 is 0. The molecule has 54 valence electrons. The molecule has 0 heteroatoms. The molecule has 0 saturated heterocycles. The van der Waals surface area contributed by atoms with Gasteiger partial charge in [-0.1, -0.05) is 46.8 Å². The average molecular weight is 126 g/mol. The van der Waals surface area contributed by atoms with Crippen molar-refractivity contribution in [1.82, 2.24) is 0 Å². The van der Waals surface area contributed by atoms with Crippen LogP contribution in [0.4, 0.5) is 0 Å². The number of hydrogen-bond acceptors (Lipinski definition) is 0. The molecule has 0 spiro atoms. The Hall–Kier alpha value is -0.480. The largest absolute Gasteiger partial charge is 0.137 e. The normalized spacial score (nSPS) is 7.56. The molecule has 0 unspecified atom stereocenters. The third kappa shape index (κ3) is 18.5. The summed E-state index contributed by atoms with van der Waals surface area (Å²) in [5.41, 5.74) is 2.25. The molecule has 0 N–H and O–H groups in total. The molecule has 9 heavy (non-hydrogen) atoms. The maximum absolute atomic E-state index is 3.12. The fraction of sp³-hybridized carbons (Fsp3) is 0.667. The van der Waals surface area contributed by atoms with Gasteiger partial charge in [-0.05, 0) is 5.92 Å². The summed E-state index contributed by atoms with van der Waals surface area (Å²) >= 11 is 0. The van der Waals surface area contributed by atoms with Gasteiger partial charge in [-0.3, -0.25) is 0 Å². The Kier molecular flexibility index (Phi) is 13.2. The molecule has 0 aromatic rings. The molecule has 0 fully saturated rings. The second kappa shape index (κ2) is 10.5. The first kappa shape index (κ1) is 11.3. The van der Waals surface area contributed by atoms with Gasteiger partial charge in [0.05, 0.1) is 0 Å². The van der Waals surface area contributed by atoms with Crippen molar-refractivity contribution >= 4 is 0 Å². The van der Waals surface area contributed by atoms with Crippen LogP contribution < -0.4 is 0 Å². The van der Waals surface area contributed by atoms with Crippen molar-refractivity contribution in [2.24, 2.45) is 5.92 Å². The molecule has 0 atom stereocenters. The molecule has 0 aromatic heterocycles. The molecule has 0 amide bonds. The maximum Gasteiger partial charge on any atom is -0.0448 e. The van der Waals surface area contributed by atoms with Gasteiger partial charge in [-0.2, -0.15) is 0 Å². The molecule has 0 aliphatic heterocycles. The Morgan fingerprint density at radius 2 is 1.44 bits per heavy atom. The van der Waals surface area contributed by atoms with Crippen molar-refractivity contribution in [3.8, 4) is 0 Å². The Balaban J connectivity index is 0. The monoisotopic (exact) mass is 126 g/mol. The second-order valence-corrected chi connectivity index (χ2v) is 2.17. The highest BCUT2D eigenvalue weighted by Crippen LogP contribution is 2.02. The van der Waals surface area contributed by atoms with Crippen LogP contribution in [0, 0.1) is 5.92 Å². The Morgan fingerprint density at radius 1 is 1.22 bits per heavy atom. The van der Waals surface area contributed by atoms with Crippen molar-refractivity contribution in [2.75, 3.05) is 0 Å². The van der Waals surface area contributed by atoms with Crippen LogP contribution in [-0.4, -0.2) is 0 Å². The molecular weight excluding hydrogens is 108 g/mol. The van der Waals surface area contributed by atoms with Crippen LogP contribution in [-0.2, 0) is 0 Å². The lowest BCUT2D eigenvalue weighted by atomic mass is 10.1. The highest BCUT2D eigenvalue weighted by molar-refractivity contribution is 4.51. The average Bonchev–Trinajstić information content (AvgIpc) is 1.88. The number of rotatable bonds is 2. The van der Waals surface area contributed by atoms with Crippen molar-refractivity contribution < 1.29 is 0 Å². The third-order valence-corrected chi connectivity index (χ3v) is 1.39. The van der Waals surface area contributed by atoms with Crippen LogP contribution in [0.2, 0.25) is 0 Å². The van der Waals surface area contributed by atoms with Gasteiger partial charge in [0.25, 0.3) is 0 Å². The van der Waals surface area contributed by atoms with E-state index in [0.29, 0.717) is 0 Å². The Morgan fingerprint density at radius 3 is 1.44 bits per heavy atom. The zero-order chi connectivity index (χ0) is 7.70. The SMILES string of the molecule is C=C=C.CCC(C)CC. The quantitative estimate of drug-likeness (QED) is 0.497. The predicted molar refractivity (Wildman–Crippen MR) is 44.5 cm³/mol. The first-order chi connectivity index (χ1) is 4.22. The minimum atomic E-state index is 0.935. The smallest absolute Gasteiger partial charge is 0.0448 e. The zero-order valence-electron chi connectivity index (χ0n) is 6.91. The van der Waals surface area contributed by atoms with E-state index in [9.17, 15) is 0 Å². The van der Waals surface area contributed by atoms with Gasteiger partial charge in [0, 0.05) is 0 Å². The van der Waals surface area contributed by atoms with Gasteiger partial charge >= 0.3 is 0 Å². The van der Waals surface area contributed by atoms with Gasteiger partial charge in [0.1, 0.15) is 0 Å². The standard InChI is InChI=1S/C6H14.C3H4/c1-4-6(3)5-2;1-3-2/h6H,4-5H2,1-3H3;1-2H2. The van der Waals surface area contributed by atoms with Crippen molar-refractivity contribution in [3.05, 3.63) is 18.9 Å². The lowest BCUT2D eigenvalue weighted by Gasteiger charge is -1.98. The molecule has 0 heterocycles. The summed E-state index contributed by atoms with van der Waals surface area (Å²) in [6, 6.07) is 0. The van der Waals surface area contributed by atoms with E-state index in [0.717, 1.165) is 5.92 Å². The topological polar surface area (TPSA) is 0 Å². The minimum Gasteiger partial charge on any atom is -0.137 e. The van der Waals surface area contributed by atoms with Gasteiger partial charge in [0.2, 0.25) is 0 Å². The van der Waals surface area contributed by atoms with E-state index in [1.165, 1.54) is 12.8 Å². The Labute approximate surface area is 59.3 Å². The van der Waals surface area contributed by atoms with E-state index < -0.39 is 0 Å². The summed E-state index contributed by atoms with van der Waals surface area (Å²) in [6.07, 6.45) is 2.66. The fourth-order valence-corrected chi connectivity index (χ4v) is 0.289. The highest BCUT2D eigenvalue weighted by atomic mass is 13.9. The van der Waals surface area contributed by atoms with Gasteiger partial charge in [-0.25, -0.2) is 0 Å². The van der Waals surface area contributed by atoms with E-state index >= 15 is 0 Å². The van der Waals surface area contributed by atoms with Gasteiger partial charge in [0.15, 0.2) is 0 Å². The predicted octanol–water partition coefficient (Wildman–Crippen LogP) is 3.40. The van der Waals surface area contributed by atoms with E-state index in [-0.39, 0.29) is 0 Å². The lowest BCUT2D eigenvalue weighted by Crippen LogP contribution is -1.85. The van der Waals surface area contributed by atoms with Crippen LogP contribution in [0.5, 0.6) is 0 Å². The molecule has 0 aromatic carbocycles. The van der Waals surface area contributed by atoms with Crippen LogP contribution in [0.25, 0.3) is 0 Å². The van der Waals surface area contributed by atoms with Crippen LogP contribution in [0.15, 0.2) is 18.9 Å². The minimum absolute atomic E-state index is 0.935. The summed E-state index contributed by atoms with van der Waals surface area (Å²) in [7, 11) is 0. The summed E-state index contributed by atoms with van der Waals surface area (Å²) in [6.45, 7) is 13.0. The Bertz CT molecular complexity index is 62.1. The highest BCUT2D eigenvalue weighted by Gasteiger charge is 1.88.